The second-order valence-electron chi connectivity index (χ2n) is 4.70. The van der Waals surface area contributed by atoms with Crippen LogP contribution < -0.4 is 10.6 Å². The molecule has 0 unspecified atom stereocenters. The first kappa shape index (κ1) is 14.9. The summed E-state index contributed by atoms with van der Waals surface area (Å²) in [7, 11) is 0. The van der Waals surface area contributed by atoms with Gasteiger partial charge in [0.05, 0.1) is 12.4 Å². The standard InChI is InChI=1S/C15H19N5O/c1-3-5-17-14-10-18-13(9-19-14)15(21)20-8-12-4-6-16-7-11(12)2/h4,6-7,9-10H,3,5,8H2,1-2H3,(H,17,19)(H,20,21). The van der Waals surface area contributed by atoms with Crippen LogP contribution in [0, 0.1) is 6.92 Å². The van der Waals surface area contributed by atoms with Crippen LogP contribution in [-0.2, 0) is 6.54 Å². The zero-order valence-electron chi connectivity index (χ0n) is 12.3. The summed E-state index contributed by atoms with van der Waals surface area (Å²) >= 11 is 0. The number of anilines is 1. The summed E-state index contributed by atoms with van der Waals surface area (Å²) in [6.45, 7) is 5.32. The molecule has 0 radical (unpaired) electrons. The van der Waals surface area contributed by atoms with Crippen molar-refractivity contribution in [1.82, 2.24) is 20.3 Å². The Morgan fingerprint density at radius 3 is 2.76 bits per heavy atom. The topological polar surface area (TPSA) is 79.8 Å². The van der Waals surface area contributed by atoms with Crippen molar-refractivity contribution in [2.75, 3.05) is 11.9 Å². The van der Waals surface area contributed by atoms with E-state index in [1.54, 1.807) is 18.6 Å². The fraction of sp³-hybridized carbons (Fsp3) is 0.333. The largest absolute Gasteiger partial charge is 0.369 e. The Morgan fingerprint density at radius 2 is 2.10 bits per heavy atom. The summed E-state index contributed by atoms with van der Waals surface area (Å²) in [6, 6.07) is 1.89. The Labute approximate surface area is 124 Å². The van der Waals surface area contributed by atoms with Gasteiger partial charge in [-0.25, -0.2) is 9.97 Å². The van der Waals surface area contributed by atoms with Crippen LogP contribution in [0.15, 0.2) is 30.9 Å². The first-order valence-corrected chi connectivity index (χ1v) is 6.94. The summed E-state index contributed by atoms with van der Waals surface area (Å²) in [5, 5.41) is 5.94. The van der Waals surface area contributed by atoms with Gasteiger partial charge in [-0.3, -0.25) is 9.78 Å². The Kier molecular flexibility index (Phi) is 5.20. The highest BCUT2D eigenvalue weighted by molar-refractivity contribution is 5.91. The van der Waals surface area contributed by atoms with Gasteiger partial charge in [0, 0.05) is 25.5 Å². The van der Waals surface area contributed by atoms with Gasteiger partial charge < -0.3 is 10.6 Å². The fourth-order valence-corrected chi connectivity index (χ4v) is 1.76. The number of nitrogens with one attached hydrogen (secondary N) is 2. The second kappa shape index (κ2) is 7.33. The number of amides is 1. The lowest BCUT2D eigenvalue weighted by Gasteiger charge is -2.07. The summed E-state index contributed by atoms with van der Waals surface area (Å²) in [5.41, 5.74) is 2.39. The third-order valence-corrected chi connectivity index (χ3v) is 3.02. The molecule has 2 rings (SSSR count). The van der Waals surface area contributed by atoms with Crippen LogP contribution in [0.1, 0.15) is 35.0 Å². The number of nitrogens with zero attached hydrogens (tertiary/aromatic N) is 3. The highest BCUT2D eigenvalue weighted by atomic mass is 16.1. The van der Waals surface area contributed by atoms with Crippen molar-refractivity contribution in [2.45, 2.75) is 26.8 Å². The van der Waals surface area contributed by atoms with E-state index in [0.717, 1.165) is 24.1 Å². The molecule has 0 saturated heterocycles. The predicted octanol–water partition coefficient (Wildman–Crippen LogP) is 1.93. The van der Waals surface area contributed by atoms with E-state index in [0.29, 0.717) is 18.1 Å². The van der Waals surface area contributed by atoms with Crippen LogP contribution in [0.3, 0.4) is 0 Å². The van der Waals surface area contributed by atoms with Crippen LogP contribution >= 0.6 is 0 Å². The van der Waals surface area contributed by atoms with Crippen LogP contribution in [-0.4, -0.2) is 27.4 Å². The SMILES string of the molecule is CCCNc1cnc(C(=O)NCc2ccncc2C)cn1. The van der Waals surface area contributed by atoms with E-state index in [2.05, 4.69) is 32.5 Å². The Balaban J connectivity index is 1.93. The number of aryl methyl sites for hydroxylation is 1. The number of hydrogen-bond acceptors (Lipinski definition) is 5. The van der Waals surface area contributed by atoms with Crippen molar-refractivity contribution in [3.8, 4) is 0 Å². The van der Waals surface area contributed by atoms with E-state index in [1.165, 1.54) is 6.20 Å². The molecular formula is C15H19N5O. The van der Waals surface area contributed by atoms with E-state index in [-0.39, 0.29) is 5.91 Å². The van der Waals surface area contributed by atoms with Crippen molar-refractivity contribution in [3.63, 3.8) is 0 Å². The van der Waals surface area contributed by atoms with E-state index in [1.807, 2.05) is 13.0 Å². The molecule has 2 N–H and O–H groups in total. The average molecular weight is 285 g/mol. The monoisotopic (exact) mass is 285 g/mol. The third kappa shape index (κ3) is 4.24. The van der Waals surface area contributed by atoms with Crippen molar-refractivity contribution >= 4 is 11.7 Å². The summed E-state index contributed by atoms with van der Waals surface area (Å²) < 4.78 is 0. The van der Waals surface area contributed by atoms with E-state index >= 15 is 0 Å². The second-order valence-corrected chi connectivity index (χ2v) is 4.70. The normalized spacial score (nSPS) is 10.2. The maximum absolute atomic E-state index is 12.0. The van der Waals surface area contributed by atoms with Gasteiger partial charge >= 0.3 is 0 Å². The number of aromatic nitrogens is 3. The summed E-state index contributed by atoms with van der Waals surface area (Å²) in [6.07, 6.45) is 7.54. The number of carbonyl (C=O) groups excluding carboxylic acids is 1. The predicted molar refractivity (Wildman–Crippen MR) is 81.0 cm³/mol. The molecule has 0 aliphatic heterocycles. The quantitative estimate of drug-likeness (QED) is 0.847. The van der Waals surface area contributed by atoms with Crippen LogP contribution in [0.25, 0.3) is 0 Å². The molecule has 2 aromatic heterocycles. The molecule has 6 heteroatoms. The van der Waals surface area contributed by atoms with Gasteiger partial charge in [0.25, 0.3) is 5.91 Å². The van der Waals surface area contributed by atoms with Gasteiger partial charge in [-0.15, -0.1) is 0 Å². The molecule has 0 saturated carbocycles. The van der Waals surface area contributed by atoms with Gasteiger partial charge in [-0.05, 0) is 30.5 Å². The average Bonchev–Trinajstić information content (AvgIpc) is 2.52. The molecule has 0 atom stereocenters. The fourth-order valence-electron chi connectivity index (χ4n) is 1.76. The van der Waals surface area contributed by atoms with Crippen LogP contribution in [0.5, 0.6) is 0 Å². The van der Waals surface area contributed by atoms with Crippen molar-refractivity contribution in [2.24, 2.45) is 0 Å². The van der Waals surface area contributed by atoms with Gasteiger partial charge in [0.1, 0.15) is 11.5 Å². The number of hydrogen-bond donors (Lipinski definition) is 2. The molecule has 0 fully saturated rings. The number of carbonyl (C=O) groups is 1. The Morgan fingerprint density at radius 1 is 1.24 bits per heavy atom. The van der Waals surface area contributed by atoms with Crippen molar-refractivity contribution < 1.29 is 4.79 Å². The third-order valence-electron chi connectivity index (χ3n) is 3.02. The van der Waals surface area contributed by atoms with Crippen LogP contribution in [0.4, 0.5) is 5.82 Å². The molecule has 0 aliphatic carbocycles. The minimum atomic E-state index is -0.235. The van der Waals surface area contributed by atoms with Gasteiger partial charge in [0.2, 0.25) is 0 Å². The zero-order chi connectivity index (χ0) is 15.1. The lowest BCUT2D eigenvalue weighted by molar-refractivity contribution is 0.0945. The van der Waals surface area contributed by atoms with Crippen molar-refractivity contribution in [3.05, 3.63) is 47.7 Å². The molecule has 0 aromatic carbocycles. The highest BCUT2D eigenvalue weighted by Gasteiger charge is 2.08. The molecule has 6 nitrogen and oxygen atoms in total. The molecule has 21 heavy (non-hydrogen) atoms. The molecule has 1 amide bonds. The number of pyridine rings is 1. The van der Waals surface area contributed by atoms with E-state index in [9.17, 15) is 4.79 Å². The minimum Gasteiger partial charge on any atom is -0.369 e. The first-order valence-electron chi connectivity index (χ1n) is 6.94. The van der Waals surface area contributed by atoms with Gasteiger partial charge in [0.15, 0.2) is 0 Å². The molecule has 2 heterocycles. The van der Waals surface area contributed by atoms with Crippen LogP contribution in [0.2, 0.25) is 0 Å². The summed E-state index contributed by atoms with van der Waals surface area (Å²) in [5.74, 6) is 0.444. The lowest BCUT2D eigenvalue weighted by atomic mass is 10.1. The smallest absolute Gasteiger partial charge is 0.271 e. The van der Waals surface area contributed by atoms with Gasteiger partial charge in [-0.1, -0.05) is 6.92 Å². The molecule has 2 aromatic rings. The highest BCUT2D eigenvalue weighted by Crippen LogP contribution is 2.05. The molecule has 0 spiro atoms. The zero-order valence-corrected chi connectivity index (χ0v) is 12.3. The minimum absolute atomic E-state index is 0.235. The number of rotatable bonds is 6. The van der Waals surface area contributed by atoms with E-state index < -0.39 is 0 Å². The summed E-state index contributed by atoms with van der Waals surface area (Å²) in [4.78, 5) is 24.3. The molecule has 110 valence electrons. The van der Waals surface area contributed by atoms with Gasteiger partial charge in [-0.2, -0.15) is 0 Å². The Bertz CT molecular complexity index is 597. The maximum atomic E-state index is 12.0. The molecule has 0 bridgehead atoms. The lowest BCUT2D eigenvalue weighted by Crippen LogP contribution is -2.24. The maximum Gasteiger partial charge on any atom is 0.271 e. The van der Waals surface area contributed by atoms with Crippen molar-refractivity contribution in [1.29, 1.82) is 0 Å². The molecule has 0 aliphatic rings. The molecular weight excluding hydrogens is 266 g/mol. The Hall–Kier alpha value is -2.50. The first-order chi connectivity index (χ1) is 10.2. The van der Waals surface area contributed by atoms with E-state index in [4.69, 9.17) is 0 Å².